The van der Waals surface area contributed by atoms with Gasteiger partial charge >= 0.3 is 11.5 Å². The zero-order valence-electron chi connectivity index (χ0n) is 22.9. The van der Waals surface area contributed by atoms with E-state index in [1.165, 1.54) is 23.4 Å². The minimum Gasteiger partial charge on any atom is -0.368 e. The molecular weight excluding hydrogens is 587 g/mol. The van der Waals surface area contributed by atoms with Crippen LogP contribution in [0.2, 0.25) is 0 Å². The molecule has 10 nitrogen and oxygen atoms in total. The maximum Gasteiger partial charge on any atom is 0.501 e. The lowest BCUT2D eigenvalue weighted by atomic mass is 10.1. The summed E-state index contributed by atoms with van der Waals surface area (Å²) >= 11 is 0. The molecule has 14 heteroatoms. The van der Waals surface area contributed by atoms with Gasteiger partial charge in [0.05, 0.1) is 21.8 Å². The maximum absolute atomic E-state index is 13.9. The van der Waals surface area contributed by atoms with Crippen molar-refractivity contribution in [3.8, 4) is 0 Å². The molecule has 3 aromatic rings. The van der Waals surface area contributed by atoms with E-state index in [1.807, 2.05) is 30.3 Å². The Labute approximate surface area is 245 Å². The van der Waals surface area contributed by atoms with Gasteiger partial charge in [0.15, 0.2) is 0 Å². The normalized spacial score (nSPS) is 22.5. The van der Waals surface area contributed by atoms with Gasteiger partial charge in [0.25, 0.3) is 21.7 Å². The third-order valence-electron chi connectivity index (χ3n) is 8.30. The summed E-state index contributed by atoms with van der Waals surface area (Å²) in [5.41, 5.74) is -5.49. The standard InChI is InChI=1S/C29H26F3N5O5S/c1-19-17-28(19)26(39)36(21-7-9-22(10-8-21)43(41,42)29(30,31)32)27(40)37(28)24-11-12-33-18-23(24)25(38)35-15-13-34(14-16-35)20-5-3-2-4-6-20/h2-12,18-19H,13-17H2,1H3. The summed E-state index contributed by atoms with van der Waals surface area (Å²) in [5, 5.41) is 0. The number of urea groups is 1. The van der Waals surface area contributed by atoms with E-state index in [2.05, 4.69) is 9.88 Å². The van der Waals surface area contributed by atoms with Crippen LogP contribution in [-0.4, -0.2) is 73.4 Å². The molecule has 4 amide bonds. The monoisotopic (exact) mass is 613 g/mol. The minimum atomic E-state index is -5.61. The molecule has 3 heterocycles. The van der Waals surface area contributed by atoms with Crippen molar-refractivity contribution >= 4 is 44.7 Å². The first-order chi connectivity index (χ1) is 20.4. The Balaban J connectivity index is 1.29. The van der Waals surface area contributed by atoms with E-state index in [9.17, 15) is 36.0 Å². The second-order valence-corrected chi connectivity index (χ2v) is 12.7. The van der Waals surface area contributed by atoms with Gasteiger partial charge in [0.2, 0.25) is 0 Å². The largest absolute Gasteiger partial charge is 0.501 e. The zero-order chi connectivity index (χ0) is 30.7. The van der Waals surface area contributed by atoms with Crippen LogP contribution in [0.25, 0.3) is 0 Å². The summed E-state index contributed by atoms with van der Waals surface area (Å²) in [6.07, 6.45) is 3.08. The van der Waals surface area contributed by atoms with Crippen molar-refractivity contribution in [1.82, 2.24) is 9.88 Å². The summed E-state index contributed by atoms with van der Waals surface area (Å²) in [6.45, 7) is 3.83. The SMILES string of the molecule is CC1CC12C(=O)N(c1ccc(S(=O)(=O)C(F)(F)F)cc1)C(=O)N2c1ccncc1C(=O)N1CCN(c2ccccc2)CC1. The highest BCUT2D eigenvalue weighted by atomic mass is 32.2. The molecule has 1 saturated carbocycles. The molecule has 2 atom stereocenters. The van der Waals surface area contributed by atoms with Crippen LogP contribution in [0.15, 0.2) is 78.0 Å². The molecule has 0 bridgehead atoms. The number of anilines is 3. The summed E-state index contributed by atoms with van der Waals surface area (Å²) in [7, 11) is -5.61. The number of sulfone groups is 1. The summed E-state index contributed by atoms with van der Waals surface area (Å²) in [6, 6.07) is 13.9. The van der Waals surface area contributed by atoms with Crippen LogP contribution in [0.4, 0.5) is 35.0 Å². The number of carbonyl (C=O) groups excluding carboxylic acids is 3. The molecule has 6 rings (SSSR count). The lowest BCUT2D eigenvalue weighted by Gasteiger charge is -2.36. The van der Waals surface area contributed by atoms with Crippen LogP contribution in [0, 0.1) is 5.92 Å². The Bertz CT molecular complexity index is 1710. The highest BCUT2D eigenvalue weighted by Crippen LogP contribution is 2.56. The first-order valence-corrected chi connectivity index (χ1v) is 15.0. The number of halogens is 3. The van der Waals surface area contributed by atoms with E-state index in [4.69, 9.17) is 0 Å². The highest BCUT2D eigenvalue weighted by molar-refractivity contribution is 7.92. The second kappa shape index (κ2) is 10.1. The molecule has 43 heavy (non-hydrogen) atoms. The van der Waals surface area contributed by atoms with E-state index >= 15 is 0 Å². The van der Waals surface area contributed by atoms with Crippen LogP contribution in [0.5, 0.6) is 0 Å². The third kappa shape index (κ3) is 4.51. The number of para-hydroxylation sites is 1. The molecule has 1 aromatic heterocycles. The van der Waals surface area contributed by atoms with Gasteiger partial charge in [-0.05, 0) is 54.8 Å². The number of benzene rings is 2. The van der Waals surface area contributed by atoms with Crippen molar-refractivity contribution in [2.45, 2.75) is 29.3 Å². The molecule has 2 saturated heterocycles. The number of amides is 4. The second-order valence-electron chi connectivity index (χ2n) is 10.7. The zero-order valence-corrected chi connectivity index (χ0v) is 23.7. The number of hydrogen-bond donors (Lipinski definition) is 0. The van der Waals surface area contributed by atoms with E-state index in [-0.39, 0.29) is 28.8 Å². The van der Waals surface area contributed by atoms with Crippen molar-refractivity contribution in [2.75, 3.05) is 40.9 Å². The molecule has 3 fully saturated rings. The first kappa shape index (κ1) is 28.6. The van der Waals surface area contributed by atoms with Gasteiger partial charge in [0.1, 0.15) is 5.54 Å². The summed E-state index contributed by atoms with van der Waals surface area (Å²) in [5.74, 6) is -1.23. The lowest BCUT2D eigenvalue weighted by molar-refractivity contribution is -0.119. The Morgan fingerprint density at radius 2 is 1.56 bits per heavy atom. The van der Waals surface area contributed by atoms with Gasteiger partial charge in [-0.3, -0.25) is 19.5 Å². The lowest BCUT2D eigenvalue weighted by Crippen LogP contribution is -2.49. The van der Waals surface area contributed by atoms with E-state index in [1.54, 1.807) is 11.8 Å². The fraction of sp³-hybridized carbons (Fsp3) is 0.310. The molecule has 1 spiro atoms. The minimum absolute atomic E-state index is 0.0870. The van der Waals surface area contributed by atoms with Gasteiger partial charge in [-0.15, -0.1) is 0 Å². The molecule has 0 N–H and O–H groups in total. The summed E-state index contributed by atoms with van der Waals surface area (Å²) in [4.78, 5) is 50.4. The van der Waals surface area contributed by atoms with E-state index in [0.29, 0.717) is 44.7 Å². The first-order valence-electron chi connectivity index (χ1n) is 13.5. The number of nitrogens with zero attached hydrogens (tertiary/aromatic N) is 5. The molecule has 2 aromatic carbocycles. The Morgan fingerprint density at radius 1 is 0.930 bits per heavy atom. The Kier molecular flexibility index (Phi) is 6.71. The predicted octanol–water partition coefficient (Wildman–Crippen LogP) is 4.09. The van der Waals surface area contributed by atoms with Gasteiger partial charge < -0.3 is 9.80 Å². The van der Waals surface area contributed by atoms with Gasteiger partial charge in [-0.1, -0.05) is 25.1 Å². The number of aromatic nitrogens is 1. The van der Waals surface area contributed by atoms with Crippen molar-refractivity contribution in [2.24, 2.45) is 5.92 Å². The number of rotatable bonds is 5. The average molecular weight is 614 g/mol. The molecule has 1 aliphatic carbocycles. The Hall–Kier alpha value is -4.46. The molecule has 3 aliphatic rings. The van der Waals surface area contributed by atoms with Gasteiger partial charge in [-0.25, -0.2) is 18.1 Å². The number of imide groups is 1. The molecule has 2 aliphatic heterocycles. The fourth-order valence-corrected chi connectivity index (χ4v) is 6.60. The number of alkyl halides is 3. The van der Waals surface area contributed by atoms with Crippen LogP contribution in [0.1, 0.15) is 23.7 Å². The third-order valence-corrected chi connectivity index (χ3v) is 9.80. The van der Waals surface area contributed by atoms with Crippen molar-refractivity contribution in [3.05, 3.63) is 78.6 Å². The molecule has 0 radical (unpaired) electrons. The Morgan fingerprint density at radius 3 is 2.14 bits per heavy atom. The molecule has 2 unspecified atom stereocenters. The topological polar surface area (TPSA) is 111 Å². The fourth-order valence-electron chi connectivity index (χ4n) is 5.84. The van der Waals surface area contributed by atoms with Crippen LogP contribution in [-0.2, 0) is 14.6 Å². The predicted molar refractivity (Wildman–Crippen MR) is 150 cm³/mol. The summed E-state index contributed by atoms with van der Waals surface area (Å²) < 4.78 is 62.7. The van der Waals surface area contributed by atoms with Gasteiger partial charge in [-0.2, -0.15) is 13.2 Å². The van der Waals surface area contributed by atoms with Gasteiger partial charge in [0, 0.05) is 44.3 Å². The molecule has 224 valence electrons. The van der Waals surface area contributed by atoms with Crippen LogP contribution in [0.3, 0.4) is 0 Å². The van der Waals surface area contributed by atoms with E-state index in [0.717, 1.165) is 22.7 Å². The smallest absolute Gasteiger partial charge is 0.368 e. The van der Waals surface area contributed by atoms with Crippen LogP contribution < -0.4 is 14.7 Å². The highest BCUT2D eigenvalue weighted by Gasteiger charge is 2.71. The number of carbonyl (C=O) groups is 3. The quantitative estimate of drug-likeness (QED) is 0.399. The van der Waals surface area contributed by atoms with Crippen LogP contribution >= 0.6 is 0 Å². The van der Waals surface area contributed by atoms with E-state index < -0.39 is 37.7 Å². The van der Waals surface area contributed by atoms with Crippen molar-refractivity contribution in [1.29, 1.82) is 0 Å². The number of pyridine rings is 1. The number of piperazine rings is 1. The van der Waals surface area contributed by atoms with Crippen molar-refractivity contribution < 1.29 is 36.0 Å². The van der Waals surface area contributed by atoms with Crippen molar-refractivity contribution in [3.63, 3.8) is 0 Å². The number of hydrogen-bond acceptors (Lipinski definition) is 7. The molecular formula is C29H26F3N5O5S. The maximum atomic E-state index is 13.9. The average Bonchev–Trinajstić information content (AvgIpc) is 3.62.